The fraction of sp³-hybridized carbons (Fsp3) is 0.300. The largest absolute Gasteiger partial charge is 0.421 e. The summed E-state index contributed by atoms with van der Waals surface area (Å²) in [7, 11) is 0. The third kappa shape index (κ3) is 3.61. The zero-order valence-electron chi connectivity index (χ0n) is 16.7. The lowest BCUT2D eigenvalue weighted by Crippen LogP contribution is -2.24. The molecule has 0 aliphatic heterocycles. The minimum absolute atomic E-state index is 0.0722. The highest BCUT2D eigenvalue weighted by Gasteiger charge is 2.24. The lowest BCUT2D eigenvalue weighted by Gasteiger charge is -2.22. The highest BCUT2D eigenvalue weighted by molar-refractivity contribution is 6.36. The monoisotopic (exact) mass is 448 g/mol. The third-order valence-electron chi connectivity index (χ3n) is 4.92. The maximum Gasteiger partial charge on any atom is 0.253 e. The lowest BCUT2D eigenvalue weighted by atomic mass is 10.0. The lowest BCUT2D eigenvalue weighted by molar-refractivity contribution is 0.533. The second kappa shape index (κ2) is 7.85. The molecule has 0 spiro atoms. The Morgan fingerprint density at radius 3 is 2.53 bits per heavy atom. The first-order chi connectivity index (χ1) is 14.3. The summed E-state index contributed by atoms with van der Waals surface area (Å²) in [5.41, 5.74) is 2.07. The molecular formula is C20H19Cl2FN6O. The molecule has 4 rings (SSSR count). The number of nitrogens with zero attached hydrogens (tertiary/aromatic N) is 5. The van der Waals surface area contributed by atoms with Gasteiger partial charge in [0, 0.05) is 18.5 Å². The van der Waals surface area contributed by atoms with Crippen molar-refractivity contribution in [3.63, 3.8) is 0 Å². The molecule has 1 unspecified atom stereocenters. The van der Waals surface area contributed by atoms with E-state index in [0.29, 0.717) is 45.9 Å². The highest BCUT2D eigenvalue weighted by atomic mass is 35.5. The van der Waals surface area contributed by atoms with E-state index in [0.717, 1.165) is 0 Å². The Labute approximate surface area is 182 Å². The maximum atomic E-state index is 13.6. The van der Waals surface area contributed by atoms with Crippen molar-refractivity contribution in [2.45, 2.75) is 33.7 Å². The van der Waals surface area contributed by atoms with Gasteiger partial charge in [-0.05, 0) is 31.0 Å². The Morgan fingerprint density at radius 2 is 1.90 bits per heavy atom. The van der Waals surface area contributed by atoms with Gasteiger partial charge in [0.1, 0.15) is 22.4 Å². The van der Waals surface area contributed by atoms with Crippen LogP contribution in [0.4, 0.5) is 10.2 Å². The van der Waals surface area contributed by atoms with Crippen molar-refractivity contribution < 1.29 is 8.81 Å². The van der Waals surface area contributed by atoms with Crippen LogP contribution in [0.3, 0.4) is 0 Å². The molecule has 1 aromatic carbocycles. The molecule has 1 atom stereocenters. The number of hydrogen-bond acceptors (Lipinski definition) is 6. The average Bonchev–Trinajstić information content (AvgIpc) is 3.28. The van der Waals surface area contributed by atoms with Gasteiger partial charge in [-0.3, -0.25) is 0 Å². The number of aryl methyl sites for hydroxylation is 1. The van der Waals surface area contributed by atoms with Gasteiger partial charge in [0.2, 0.25) is 5.89 Å². The van der Waals surface area contributed by atoms with Crippen molar-refractivity contribution >= 4 is 34.7 Å². The minimum Gasteiger partial charge on any atom is -0.421 e. The van der Waals surface area contributed by atoms with Gasteiger partial charge in [-0.15, -0.1) is 10.2 Å². The second-order valence-corrected chi connectivity index (χ2v) is 8.11. The zero-order chi connectivity index (χ0) is 21.6. The van der Waals surface area contributed by atoms with Crippen LogP contribution in [0.15, 0.2) is 28.8 Å². The predicted octanol–water partition coefficient (Wildman–Crippen LogP) is 5.66. The maximum absolute atomic E-state index is 13.6. The van der Waals surface area contributed by atoms with Crippen molar-refractivity contribution in [1.82, 2.24) is 24.8 Å². The van der Waals surface area contributed by atoms with Crippen LogP contribution < -0.4 is 5.32 Å². The Hall–Kier alpha value is -2.71. The molecule has 0 amide bonds. The Kier molecular flexibility index (Phi) is 5.38. The van der Waals surface area contributed by atoms with E-state index < -0.39 is 5.82 Å². The van der Waals surface area contributed by atoms with E-state index in [1.54, 1.807) is 23.7 Å². The average molecular weight is 449 g/mol. The molecule has 4 aromatic rings. The first-order valence-electron chi connectivity index (χ1n) is 9.36. The SMILES string of the molecule is Cc1nnc(-c2cnn3c(NC(C)C(C)C)c(-c4ccc(F)cc4Cl)c(Cl)nc23)o1. The van der Waals surface area contributed by atoms with Crippen molar-refractivity contribution in [3.05, 3.63) is 46.3 Å². The van der Waals surface area contributed by atoms with E-state index in [-0.39, 0.29) is 16.2 Å². The molecule has 0 radical (unpaired) electrons. The van der Waals surface area contributed by atoms with E-state index in [4.69, 9.17) is 27.6 Å². The van der Waals surface area contributed by atoms with Crippen molar-refractivity contribution in [2.24, 2.45) is 5.92 Å². The van der Waals surface area contributed by atoms with E-state index in [1.807, 2.05) is 6.92 Å². The zero-order valence-corrected chi connectivity index (χ0v) is 18.3. The van der Waals surface area contributed by atoms with Gasteiger partial charge in [-0.2, -0.15) is 9.61 Å². The Bertz CT molecular complexity index is 1240. The molecule has 3 heterocycles. The summed E-state index contributed by atoms with van der Waals surface area (Å²) in [5, 5.41) is 16.3. The molecule has 10 heteroatoms. The van der Waals surface area contributed by atoms with Gasteiger partial charge in [0.05, 0.1) is 16.8 Å². The molecule has 0 saturated heterocycles. The Balaban J connectivity index is 2.00. The molecule has 3 aromatic heterocycles. The van der Waals surface area contributed by atoms with Gasteiger partial charge in [-0.25, -0.2) is 9.37 Å². The van der Waals surface area contributed by atoms with E-state index in [1.165, 1.54) is 12.1 Å². The van der Waals surface area contributed by atoms with Crippen LogP contribution in [0.1, 0.15) is 26.7 Å². The van der Waals surface area contributed by atoms with Gasteiger partial charge in [0.25, 0.3) is 5.89 Å². The number of benzene rings is 1. The van der Waals surface area contributed by atoms with Crippen LogP contribution in [0.25, 0.3) is 28.2 Å². The number of anilines is 1. The summed E-state index contributed by atoms with van der Waals surface area (Å²) in [5.74, 6) is 1.19. The normalized spacial score (nSPS) is 12.7. The summed E-state index contributed by atoms with van der Waals surface area (Å²) in [6, 6.07) is 4.21. The Morgan fingerprint density at radius 1 is 1.13 bits per heavy atom. The number of fused-ring (bicyclic) bond motifs is 1. The topological polar surface area (TPSA) is 81.1 Å². The molecule has 0 saturated carbocycles. The summed E-state index contributed by atoms with van der Waals surface area (Å²) in [4.78, 5) is 4.52. The van der Waals surface area contributed by atoms with Crippen LogP contribution in [-0.4, -0.2) is 30.8 Å². The molecule has 7 nitrogen and oxygen atoms in total. The van der Waals surface area contributed by atoms with Gasteiger partial charge < -0.3 is 9.73 Å². The fourth-order valence-corrected chi connectivity index (χ4v) is 3.50. The van der Waals surface area contributed by atoms with E-state index in [9.17, 15) is 4.39 Å². The third-order valence-corrected chi connectivity index (χ3v) is 5.51. The number of aromatic nitrogens is 5. The van der Waals surface area contributed by atoms with E-state index in [2.05, 4.69) is 39.4 Å². The summed E-state index contributed by atoms with van der Waals surface area (Å²) in [6.45, 7) is 7.94. The van der Waals surface area contributed by atoms with E-state index >= 15 is 0 Å². The number of halogens is 3. The number of rotatable bonds is 5. The molecule has 156 valence electrons. The van der Waals surface area contributed by atoms with Crippen LogP contribution in [-0.2, 0) is 0 Å². The summed E-state index contributed by atoms with van der Waals surface area (Å²) >= 11 is 13.0. The van der Waals surface area contributed by atoms with Crippen LogP contribution in [0.5, 0.6) is 0 Å². The number of hydrogen-bond donors (Lipinski definition) is 1. The van der Waals surface area contributed by atoms with Crippen LogP contribution in [0.2, 0.25) is 10.2 Å². The molecule has 0 fully saturated rings. The number of nitrogens with one attached hydrogen (secondary N) is 1. The smallest absolute Gasteiger partial charge is 0.253 e. The molecular weight excluding hydrogens is 430 g/mol. The first kappa shape index (κ1) is 20.6. The fourth-order valence-electron chi connectivity index (χ4n) is 2.97. The molecule has 0 aliphatic rings. The van der Waals surface area contributed by atoms with Crippen LogP contribution in [0, 0.1) is 18.7 Å². The van der Waals surface area contributed by atoms with Gasteiger partial charge in [0.15, 0.2) is 5.65 Å². The van der Waals surface area contributed by atoms with Crippen molar-refractivity contribution in [3.8, 4) is 22.6 Å². The van der Waals surface area contributed by atoms with Crippen LogP contribution >= 0.6 is 23.2 Å². The van der Waals surface area contributed by atoms with Gasteiger partial charge in [-0.1, -0.05) is 37.0 Å². The standard InChI is InChI=1S/C20H19Cl2FN6O/c1-9(2)10(3)25-19-16(13-6-5-12(23)7-15(13)21)17(22)26-18-14(8-24-29(18)19)20-28-27-11(4)30-20/h5-10,25H,1-4H3. The predicted molar refractivity (Wildman–Crippen MR) is 114 cm³/mol. The summed E-state index contributed by atoms with van der Waals surface area (Å²) < 4.78 is 20.8. The molecule has 1 N–H and O–H groups in total. The second-order valence-electron chi connectivity index (χ2n) is 7.35. The van der Waals surface area contributed by atoms with Crippen molar-refractivity contribution in [2.75, 3.05) is 5.32 Å². The summed E-state index contributed by atoms with van der Waals surface area (Å²) in [6.07, 6.45) is 1.59. The molecule has 0 bridgehead atoms. The minimum atomic E-state index is -0.438. The molecule has 0 aliphatic carbocycles. The quantitative estimate of drug-likeness (QED) is 0.396. The highest BCUT2D eigenvalue weighted by Crippen LogP contribution is 2.40. The molecule has 30 heavy (non-hydrogen) atoms. The first-order valence-corrected chi connectivity index (χ1v) is 10.1. The van der Waals surface area contributed by atoms with Crippen molar-refractivity contribution in [1.29, 1.82) is 0 Å². The van der Waals surface area contributed by atoms with Gasteiger partial charge >= 0.3 is 0 Å².